The molecule has 0 saturated heterocycles. The fraction of sp³-hybridized carbons (Fsp3) is 0.417. The first-order valence-electron chi connectivity index (χ1n) is 10.1. The fourth-order valence-electron chi connectivity index (χ4n) is 3.24. The predicted molar refractivity (Wildman–Crippen MR) is 116 cm³/mol. The monoisotopic (exact) mass is 396 g/mol. The number of hydrogen-bond acceptors (Lipinski definition) is 3. The maximum absolute atomic E-state index is 13.1. The summed E-state index contributed by atoms with van der Waals surface area (Å²) in [6.45, 7) is 9.99. The van der Waals surface area contributed by atoms with Crippen molar-refractivity contribution in [3.05, 3.63) is 65.2 Å². The SMILES string of the molecule is CCC(C(=O)NC(C)C)N(Cc1cccc(C)c1)C(=O)COc1cccc(C)c1. The molecule has 0 radical (unpaired) electrons. The summed E-state index contributed by atoms with van der Waals surface area (Å²) in [5.74, 6) is 0.298. The van der Waals surface area contributed by atoms with Crippen LogP contribution in [-0.4, -0.2) is 35.4 Å². The molecule has 0 aromatic heterocycles. The molecule has 1 N–H and O–H groups in total. The van der Waals surface area contributed by atoms with Crippen LogP contribution >= 0.6 is 0 Å². The summed E-state index contributed by atoms with van der Waals surface area (Å²) < 4.78 is 5.72. The maximum atomic E-state index is 13.1. The number of ether oxygens (including phenoxy) is 1. The van der Waals surface area contributed by atoms with Crippen LogP contribution in [0.5, 0.6) is 5.75 Å². The normalized spacial score (nSPS) is 11.8. The summed E-state index contributed by atoms with van der Waals surface area (Å²) >= 11 is 0. The molecule has 0 spiro atoms. The van der Waals surface area contributed by atoms with Gasteiger partial charge in [-0.25, -0.2) is 0 Å². The molecule has 1 unspecified atom stereocenters. The van der Waals surface area contributed by atoms with Gasteiger partial charge < -0.3 is 15.0 Å². The van der Waals surface area contributed by atoms with E-state index in [2.05, 4.69) is 5.32 Å². The smallest absolute Gasteiger partial charge is 0.261 e. The number of nitrogens with zero attached hydrogens (tertiary/aromatic N) is 1. The molecule has 1 atom stereocenters. The largest absolute Gasteiger partial charge is 0.484 e. The van der Waals surface area contributed by atoms with Crippen molar-refractivity contribution in [2.75, 3.05) is 6.61 Å². The van der Waals surface area contributed by atoms with E-state index in [1.54, 1.807) is 4.90 Å². The minimum Gasteiger partial charge on any atom is -0.484 e. The number of nitrogens with one attached hydrogen (secondary N) is 1. The van der Waals surface area contributed by atoms with Crippen LogP contribution in [0.3, 0.4) is 0 Å². The lowest BCUT2D eigenvalue weighted by Crippen LogP contribution is -2.51. The van der Waals surface area contributed by atoms with Crippen LogP contribution in [0.2, 0.25) is 0 Å². The van der Waals surface area contributed by atoms with Crippen LogP contribution in [0, 0.1) is 13.8 Å². The van der Waals surface area contributed by atoms with Gasteiger partial charge in [-0.2, -0.15) is 0 Å². The molecule has 29 heavy (non-hydrogen) atoms. The van der Waals surface area contributed by atoms with Gasteiger partial charge in [0.1, 0.15) is 11.8 Å². The number of hydrogen-bond donors (Lipinski definition) is 1. The number of aryl methyl sites for hydroxylation is 2. The van der Waals surface area contributed by atoms with E-state index in [0.717, 1.165) is 16.7 Å². The van der Waals surface area contributed by atoms with E-state index in [4.69, 9.17) is 4.74 Å². The number of rotatable bonds is 9. The molecule has 0 aliphatic rings. The predicted octanol–water partition coefficient (Wildman–Crippen LogP) is 4.01. The van der Waals surface area contributed by atoms with Gasteiger partial charge in [-0.3, -0.25) is 9.59 Å². The highest BCUT2D eigenvalue weighted by molar-refractivity contribution is 5.88. The molecule has 5 heteroatoms. The lowest BCUT2D eigenvalue weighted by atomic mass is 10.1. The first kappa shape index (κ1) is 22.5. The Kier molecular flexibility index (Phi) is 8.25. The zero-order valence-corrected chi connectivity index (χ0v) is 18.1. The summed E-state index contributed by atoms with van der Waals surface area (Å²) in [4.78, 5) is 27.5. The Labute approximate surface area is 174 Å². The van der Waals surface area contributed by atoms with Crippen LogP contribution in [-0.2, 0) is 16.1 Å². The van der Waals surface area contributed by atoms with E-state index in [1.807, 2.05) is 83.1 Å². The first-order valence-corrected chi connectivity index (χ1v) is 10.1. The summed E-state index contributed by atoms with van der Waals surface area (Å²) in [6, 6.07) is 15.0. The fourth-order valence-corrected chi connectivity index (χ4v) is 3.24. The molecule has 0 aliphatic heterocycles. The Bertz CT molecular complexity index is 832. The highest BCUT2D eigenvalue weighted by atomic mass is 16.5. The standard InChI is InChI=1S/C24H32N2O3/c1-6-22(24(28)25-17(2)3)26(15-20-11-7-9-18(4)13-20)23(27)16-29-21-12-8-10-19(5)14-21/h7-14,17,22H,6,15-16H2,1-5H3,(H,25,28). The van der Waals surface area contributed by atoms with E-state index in [-0.39, 0.29) is 24.5 Å². The number of carbonyl (C=O) groups excluding carboxylic acids is 2. The van der Waals surface area contributed by atoms with Gasteiger partial charge in [0.25, 0.3) is 5.91 Å². The van der Waals surface area contributed by atoms with E-state index in [1.165, 1.54) is 0 Å². The van der Waals surface area contributed by atoms with Crippen LogP contribution in [0.4, 0.5) is 0 Å². The van der Waals surface area contributed by atoms with Crippen molar-refractivity contribution < 1.29 is 14.3 Å². The second-order valence-corrected chi connectivity index (χ2v) is 7.70. The second kappa shape index (κ2) is 10.6. The number of carbonyl (C=O) groups is 2. The van der Waals surface area contributed by atoms with Crippen molar-refractivity contribution in [3.63, 3.8) is 0 Å². The van der Waals surface area contributed by atoms with Crippen LogP contribution in [0.1, 0.15) is 43.9 Å². The summed E-state index contributed by atoms with van der Waals surface area (Å²) in [7, 11) is 0. The zero-order chi connectivity index (χ0) is 21.4. The summed E-state index contributed by atoms with van der Waals surface area (Å²) in [5, 5.41) is 2.93. The Morgan fingerprint density at radius 1 is 1.03 bits per heavy atom. The Balaban J connectivity index is 2.21. The van der Waals surface area contributed by atoms with Crippen molar-refractivity contribution in [3.8, 4) is 5.75 Å². The number of benzene rings is 2. The molecule has 2 aromatic rings. The van der Waals surface area contributed by atoms with Crippen molar-refractivity contribution in [2.45, 2.75) is 59.7 Å². The second-order valence-electron chi connectivity index (χ2n) is 7.70. The van der Waals surface area contributed by atoms with E-state index in [0.29, 0.717) is 18.7 Å². The first-order chi connectivity index (χ1) is 13.8. The molecular weight excluding hydrogens is 364 g/mol. The van der Waals surface area contributed by atoms with Crippen molar-refractivity contribution in [1.29, 1.82) is 0 Å². The third-order valence-corrected chi connectivity index (χ3v) is 4.60. The highest BCUT2D eigenvalue weighted by Crippen LogP contribution is 2.16. The summed E-state index contributed by atoms with van der Waals surface area (Å²) in [5.41, 5.74) is 3.17. The van der Waals surface area contributed by atoms with Crippen molar-refractivity contribution in [1.82, 2.24) is 10.2 Å². The molecule has 5 nitrogen and oxygen atoms in total. The molecule has 2 amide bonds. The van der Waals surface area contributed by atoms with Gasteiger partial charge in [-0.15, -0.1) is 0 Å². The zero-order valence-electron chi connectivity index (χ0n) is 18.1. The van der Waals surface area contributed by atoms with Crippen LogP contribution in [0.15, 0.2) is 48.5 Å². The molecule has 0 fully saturated rings. The topological polar surface area (TPSA) is 58.6 Å². The van der Waals surface area contributed by atoms with Gasteiger partial charge >= 0.3 is 0 Å². The van der Waals surface area contributed by atoms with Crippen LogP contribution in [0.25, 0.3) is 0 Å². The molecule has 0 heterocycles. The number of amides is 2. The van der Waals surface area contributed by atoms with Crippen molar-refractivity contribution >= 4 is 11.8 Å². The van der Waals surface area contributed by atoms with Gasteiger partial charge in [0.2, 0.25) is 5.91 Å². The van der Waals surface area contributed by atoms with Crippen molar-refractivity contribution in [2.24, 2.45) is 0 Å². The molecular formula is C24H32N2O3. The molecule has 2 aromatic carbocycles. The third kappa shape index (κ3) is 6.93. The lowest BCUT2D eigenvalue weighted by molar-refractivity contribution is -0.143. The molecule has 0 aliphatic carbocycles. The molecule has 2 rings (SSSR count). The molecule has 0 saturated carbocycles. The lowest BCUT2D eigenvalue weighted by Gasteiger charge is -2.31. The third-order valence-electron chi connectivity index (χ3n) is 4.60. The minimum absolute atomic E-state index is 0.0102. The van der Waals surface area contributed by atoms with E-state index >= 15 is 0 Å². The van der Waals surface area contributed by atoms with Gasteiger partial charge in [0, 0.05) is 12.6 Å². The Hall–Kier alpha value is -2.82. The molecule has 0 bridgehead atoms. The van der Waals surface area contributed by atoms with E-state index in [9.17, 15) is 9.59 Å². The van der Waals surface area contributed by atoms with E-state index < -0.39 is 6.04 Å². The Morgan fingerprint density at radius 2 is 1.69 bits per heavy atom. The van der Waals surface area contributed by atoms with Gasteiger partial charge in [-0.1, -0.05) is 48.9 Å². The highest BCUT2D eigenvalue weighted by Gasteiger charge is 2.29. The van der Waals surface area contributed by atoms with Gasteiger partial charge in [-0.05, 0) is 57.4 Å². The van der Waals surface area contributed by atoms with Gasteiger partial charge in [0.15, 0.2) is 6.61 Å². The van der Waals surface area contributed by atoms with Gasteiger partial charge in [0.05, 0.1) is 0 Å². The quantitative estimate of drug-likeness (QED) is 0.697. The Morgan fingerprint density at radius 3 is 2.28 bits per heavy atom. The average molecular weight is 397 g/mol. The molecule has 156 valence electrons. The summed E-state index contributed by atoms with van der Waals surface area (Å²) in [6.07, 6.45) is 0.528. The maximum Gasteiger partial charge on any atom is 0.261 e. The average Bonchev–Trinajstić information content (AvgIpc) is 2.65. The minimum atomic E-state index is -0.550. The van der Waals surface area contributed by atoms with Crippen LogP contribution < -0.4 is 10.1 Å².